The predicted octanol–water partition coefficient (Wildman–Crippen LogP) is 4.79. The SMILES string of the molecule is O=[N+]([O-])c1ccc(-c2csc(=Nc3ccc(S(=O)(=O)N4CCOCC4)cc3)n2N=CC2CCCCC2)cc1. The van der Waals surface area contributed by atoms with Crippen molar-refractivity contribution in [3.8, 4) is 11.3 Å². The van der Waals surface area contributed by atoms with Crippen LogP contribution in [0.1, 0.15) is 32.1 Å². The molecule has 2 aromatic carbocycles. The lowest BCUT2D eigenvalue weighted by Crippen LogP contribution is -2.40. The Balaban J connectivity index is 1.48. The van der Waals surface area contributed by atoms with Crippen LogP contribution in [0.25, 0.3) is 11.3 Å². The van der Waals surface area contributed by atoms with Crippen LogP contribution in [0.5, 0.6) is 0 Å². The van der Waals surface area contributed by atoms with E-state index in [1.165, 1.54) is 47.0 Å². The lowest BCUT2D eigenvalue weighted by molar-refractivity contribution is -0.384. The Morgan fingerprint density at radius 2 is 1.68 bits per heavy atom. The molecule has 200 valence electrons. The van der Waals surface area contributed by atoms with Crippen molar-refractivity contribution < 1.29 is 18.1 Å². The van der Waals surface area contributed by atoms with E-state index < -0.39 is 14.9 Å². The van der Waals surface area contributed by atoms with Gasteiger partial charge in [-0.2, -0.15) is 9.41 Å². The number of ether oxygens (including phenoxy) is 1. The molecule has 0 N–H and O–H groups in total. The molecule has 2 fully saturated rings. The Morgan fingerprint density at radius 3 is 2.34 bits per heavy atom. The summed E-state index contributed by atoms with van der Waals surface area (Å²) in [7, 11) is -3.58. The fourth-order valence-corrected chi connectivity index (χ4v) is 6.89. The second-order valence-electron chi connectivity index (χ2n) is 9.30. The largest absolute Gasteiger partial charge is 0.379 e. The van der Waals surface area contributed by atoms with Gasteiger partial charge >= 0.3 is 0 Å². The molecule has 0 radical (unpaired) electrons. The zero-order valence-electron chi connectivity index (χ0n) is 20.8. The van der Waals surface area contributed by atoms with Gasteiger partial charge in [-0.15, -0.1) is 11.3 Å². The smallest absolute Gasteiger partial charge is 0.269 e. The van der Waals surface area contributed by atoms with Gasteiger partial charge in [-0.3, -0.25) is 10.1 Å². The summed E-state index contributed by atoms with van der Waals surface area (Å²) in [5, 5.41) is 17.8. The molecule has 0 spiro atoms. The maximum absolute atomic E-state index is 12.9. The molecule has 0 unspecified atom stereocenters. The van der Waals surface area contributed by atoms with Crippen LogP contribution in [-0.4, -0.2) is 54.8 Å². The zero-order chi connectivity index (χ0) is 26.5. The first kappa shape index (κ1) is 26.4. The normalized spacial score (nSPS) is 18.3. The fraction of sp³-hybridized carbons (Fsp3) is 0.385. The number of thiazole rings is 1. The molecule has 1 saturated carbocycles. The lowest BCUT2D eigenvalue weighted by atomic mass is 9.90. The van der Waals surface area contributed by atoms with Gasteiger partial charge in [-0.25, -0.2) is 18.1 Å². The van der Waals surface area contributed by atoms with Crippen molar-refractivity contribution in [3.05, 3.63) is 68.8 Å². The topological polar surface area (TPSA) is 119 Å². The first-order chi connectivity index (χ1) is 18.4. The molecule has 0 atom stereocenters. The molecule has 38 heavy (non-hydrogen) atoms. The summed E-state index contributed by atoms with van der Waals surface area (Å²) in [6, 6.07) is 12.9. The number of sulfonamides is 1. The summed E-state index contributed by atoms with van der Waals surface area (Å²) in [6.07, 6.45) is 7.83. The van der Waals surface area contributed by atoms with Gasteiger partial charge in [0, 0.05) is 42.4 Å². The van der Waals surface area contributed by atoms with Crippen LogP contribution in [0, 0.1) is 16.0 Å². The van der Waals surface area contributed by atoms with E-state index in [1.807, 2.05) is 11.6 Å². The van der Waals surface area contributed by atoms with Crippen LogP contribution in [0.3, 0.4) is 0 Å². The number of non-ortho nitro benzene ring substituents is 1. The van der Waals surface area contributed by atoms with Crippen molar-refractivity contribution >= 4 is 38.9 Å². The number of nitro groups is 1. The summed E-state index contributed by atoms with van der Waals surface area (Å²) >= 11 is 1.40. The maximum Gasteiger partial charge on any atom is 0.269 e. The Kier molecular flexibility index (Phi) is 8.12. The molecule has 1 saturated heterocycles. The fourth-order valence-electron chi connectivity index (χ4n) is 4.62. The summed E-state index contributed by atoms with van der Waals surface area (Å²) in [4.78, 5) is 16.3. The average Bonchev–Trinajstić information content (AvgIpc) is 3.35. The van der Waals surface area contributed by atoms with Gasteiger partial charge in [0.1, 0.15) is 0 Å². The van der Waals surface area contributed by atoms with Gasteiger partial charge in [0.2, 0.25) is 14.8 Å². The highest BCUT2D eigenvalue weighted by Gasteiger charge is 2.26. The second kappa shape index (κ2) is 11.7. The van der Waals surface area contributed by atoms with Crippen LogP contribution in [0.4, 0.5) is 11.4 Å². The van der Waals surface area contributed by atoms with Crippen molar-refractivity contribution in [1.29, 1.82) is 0 Å². The molecule has 10 nitrogen and oxygen atoms in total. The van der Waals surface area contributed by atoms with Crippen molar-refractivity contribution in [1.82, 2.24) is 8.98 Å². The van der Waals surface area contributed by atoms with E-state index in [0.717, 1.165) is 24.1 Å². The van der Waals surface area contributed by atoms with E-state index in [0.29, 0.717) is 42.7 Å². The van der Waals surface area contributed by atoms with Gasteiger partial charge in [0.25, 0.3) is 5.69 Å². The Hall–Kier alpha value is -3.19. The molecule has 2 heterocycles. The maximum atomic E-state index is 12.9. The molecule has 0 bridgehead atoms. The first-order valence-corrected chi connectivity index (χ1v) is 15.0. The summed E-state index contributed by atoms with van der Waals surface area (Å²) in [6.45, 7) is 1.47. The zero-order valence-corrected chi connectivity index (χ0v) is 22.4. The van der Waals surface area contributed by atoms with Crippen molar-refractivity contribution in [2.75, 3.05) is 26.3 Å². The number of hydrogen-bond acceptors (Lipinski definition) is 8. The predicted molar refractivity (Wildman–Crippen MR) is 146 cm³/mol. The molecule has 1 aliphatic carbocycles. The molecular weight excluding hydrogens is 526 g/mol. The number of benzene rings is 2. The number of nitrogens with zero attached hydrogens (tertiary/aromatic N) is 5. The third-order valence-corrected chi connectivity index (χ3v) is 9.50. The molecule has 5 rings (SSSR count). The third kappa shape index (κ3) is 5.93. The second-order valence-corrected chi connectivity index (χ2v) is 12.1. The Labute approximate surface area is 225 Å². The van der Waals surface area contributed by atoms with E-state index in [1.54, 1.807) is 41.1 Å². The highest BCUT2D eigenvalue weighted by atomic mass is 32.2. The molecule has 1 aromatic heterocycles. The highest BCUT2D eigenvalue weighted by molar-refractivity contribution is 7.89. The Bertz CT molecular complexity index is 1470. The first-order valence-electron chi connectivity index (χ1n) is 12.6. The average molecular weight is 556 g/mol. The highest BCUT2D eigenvalue weighted by Crippen LogP contribution is 2.26. The molecule has 1 aliphatic heterocycles. The van der Waals surface area contributed by atoms with Gasteiger partial charge in [0.15, 0.2) is 0 Å². The summed E-state index contributed by atoms with van der Waals surface area (Å²) in [5.41, 5.74) is 2.20. The molecule has 2 aliphatic rings. The number of aromatic nitrogens is 1. The molecular formula is C26H29N5O5S2. The monoisotopic (exact) mass is 555 g/mol. The third-order valence-electron chi connectivity index (χ3n) is 6.77. The van der Waals surface area contributed by atoms with Crippen LogP contribution in [0.15, 0.2) is 68.9 Å². The van der Waals surface area contributed by atoms with Gasteiger partial charge in [-0.05, 0) is 55.2 Å². The van der Waals surface area contributed by atoms with Crippen LogP contribution < -0.4 is 4.80 Å². The molecule has 0 amide bonds. The minimum atomic E-state index is -3.58. The lowest BCUT2D eigenvalue weighted by Gasteiger charge is -2.26. The number of nitro benzene ring substituents is 1. The van der Waals surface area contributed by atoms with E-state index in [4.69, 9.17) is 14.8 Å². The molecule has 3 aromatic rings. The number of morpholine rings is 1. The van der Waals surface area contributed by atoms with Crippen molar-refractivity contribution in [2.24, 2.45) is 16.0 Å². The minimum Gasteiger partial charge on any atom is -0.379 e. The summed E-state index contributed by atoms with van der Waals surface area (Å²) < 4.78 is 34.4. The number of rotatable bonds is 7. The quantitative estimate of drug-likeness (QED) is 0.236. The van der Waals surface area contributed by atoms with Crippen molar-refractivity contribution in [2.45, 2.75) is 37.0 Å². The van der Waals surface area contributed by atoms with E-state index in [2.05, 4.69) is 0 Å². The number of hydrogen-bond donors (Lipinski definition) is 0. The van der Waals surface area contributed by atoms with Gasteiger partial charge < -0.3 is 4.74 Å². The van der Waals surface area contributed by atoms with Crippen LogP contribution in [0.2, 0.25) is 0 Å². The molecule has 12 heteroatoms. The van der Waals surface area contributed by atoms with Crippen molar-refractivity contribution in [3.63, 3.8) is 0 Å². The standard InChI is InChI=1S/C26H29N5O5S2/c32-31(33)23-10-6-21(7-11-23)25-19-37-26(30(25)27-18-20-4-2-1-3-5-20)28-22-8-12-24(13-9-22)38(34,35)29-14-16-36-17-15-29/h6-13,18-20H,1-5,14-17H2. The summed E-state index contributed by atoms with van der Waals surface area (Å²) in [5.74, 6) is 0.401. The van der Waals surface area contributed by atoms with Crippen LogP contribution >= 0.6 is 11.3 Å². The van der Waals surface area contributed by atoms with E-state index in [-0.39, 0.29) is 10.6 Å². The minimum absolute atomic E-state index is 0.0262. The van der Waals surface area contributed by atoms with Gasteiger partial charge in [-0.1, -0.05) is 19.3 Å². The van der Waals surface area contributed by atoms with Crippen LogP contribution in [-0.2, 0) is 14.8 Å². The van der Waals surface area contributed by atoms with E-state index >= 15 is 0 Å². The van der Waals surface area contributed by atoms with E-state index in [9.17, 15) is 18.5 Å². The Morgan fingerprint density at radius 1 is 1.00 bits per heavy atom. The van der Waals surface area contributed by atoms with Gasteiger partial charge in [0.05, 0.1) is 34.4 Å².